The topological polar surface area (TPSA) is 47.6 Å². The highest BCUT2D eigenvalue weighted by molar-refractivity contribution is 5.79. The van der Waals surface area contributed by atoms with Gasteiger partial charge in [-0.1, -0.05) is 0 Å². The number of rotatable bonds is 2. The molecule has 1 N–H and O–H groups in total. The summed E-state index contributed by atoms with van der Waals surface area (Å²) in [4.78, 5) is 11.5. The van der Waals surface area contributed by atoms with E-state index in [4.69, 9.17) is 9.47 Å². The van der Waals surface area contributed by atoms with Crippen LogP contribution in [0.15, 0.2) is 0 Å². The molecule has 3 unspecified atom stereocenters. The average molecular weight is 185 g/mol. The fourth-order valence-electron chi connectivity index (χ4n) is 2.12. The van der Waals surface area contributed by atoms with Crippen LogP contribution in [0.25, 0.3) is 0 Å². The maximum absolute atomic E-state index is 11.5. The van der Waals surface area contributed by atoms with E-state index < -0.39 is 0 Å². The van der Waals surface area contributed by atoms with Crippen LogP contribution in [0.2, 0.25) is 0 Å². The SMILES string of the molecule is CCNC(=O)C1CCC2OCOC21. The molecule has 74 valence electrons. The summed E-state index contributed by atoms with van der Waals surface area (Å²) in [5, 5.41) is 2.83. The van der Waals surface area contributed by atoms with Gasteiger partial charge in [0.15, 0.2) is 0 Å². The maximum atomic E-state index is 11.5. The number of amides is 1. The summed E-state index contributed by atoms with van der Waals surface area (Å²) >= 11 is 0. The van der Waals surface area contributed by atoms with Crippen molar-refractivity contribution in [1.82, 2.24) is 5.32 Å². The molecule has 0 spiro atoms. The van der Waals surface area contributed by atoms with Crippen LogP contribution in [-0.4, -0.2) is 31.5 Å². The summed E-state index contributed by atoms with van der Waals surface area (Å²) in [6.45, 7) is 2.97. The van der Waals surface area contributed by atoms with E-state index in [1.165, 1.54) is 0 Å². The molecule has 1 amide bonds. The maximum Gasteiger partial charge on any atom is 0.225 e. The van der Waals surface area contributed by atoms with E-state index in [-0.39, 0.29) is 24.0 Å². The van der Waals surface area contributed by atoms with Crippen LogP contribution in [0, 0.1) is 5.92 Å². The predicted molar refractivity (Wildman–Crippen MR) is 46.0 cm³/mol. The van der Waals surface area contributed by atoms with Crippen molar-refractivity contribution >= 4 is 5.91 Å². The fraction of sp³-hybridized carbons (Fsp3) is 0.889. The molecule has 4 nitrogen and oxygen atoms in total. The molecule has 0 radical (unpaired) electrons. The zero-order valence-corrected chi connectivity index (χ0v) is 7.79. The van der Waals surface area contributed by atoms with Gasteiger partial charge in [0, 0.05) is 6.54 Å². The first-order valence-electron chi connectivity index (χ1n) is 4.84. The summed E-state index contributed by atoms with van der Waals surface area (Å²) in [5.41, 5.74) is 0. The summed E-state index contributed by atoms with van der Waals surface area (Å²) in [6.07, 6.45) is 2.01. The molecule has 4 heteroatoms. The minimum Gasteiger partial charge on any atom is -0.356 e. The van der Waals surface area contributed by atoms with Gasteiger partial charge in [0.25, 0.3) is 0 Å². The Hall–Kier alpha value is -0.610. The molecule has 2 fully saturated rings. The zero-order valence-electron chi connectivity index (χ0n) is 7.79. The van der Waals surface area contributed by atoms with E-state index in [0.717, 1.165) is 12.8 Å². The largest absolute Gasteiger partial charge is 0.356 e. The van der Waals surface area contributed by atoms with Crippen LogP contribution in [0.4, 0.5) is 0 Å². The van der Waals surface area contributed by atoms with Crippen LogP contribution in [0.3, 0.4) is 0 Å². The van der Waals surface area contributed by atoms with Crippen molar-refractivity contribution in [2.24, 2.45) is 5.92 Å². The number of ether oxygens (including phenoxy) is 2. The Labute approximate surface area is 77.6 Å². The lowest BCUT2D eigenvalue weighted by atomic mass is 10.0. The minimum absolute atomic E-state index is 0.00606. The molecule has 1 saturated carbocycles. The second-order valence-electron chi connectivity index (χ2n) is 3.53. The first kappa shape index (κ1) is 8.97. The fourth-order valence-corrected chi connectivity index (χ4v) is 2.12. The number of carbonyl (C=O) groups excluding carboxylic acids is 1. The third-order valence-corrected chi connectivity index (χ3v) is 2.76. The summed E-state index contributed by atoms with van der Waals surface area (Å²) in [5.74, 6) is 0.118. The van der Waals surface area contributed by atoms with E-state index in [1.807, 2.05) is 6.92 Å². The van der Waals surface area contributed by atoms with Crippen molar-refractivity contribution in [2.45, 2.75) is 32.0 Å². The van der Waals surface area contributed by atoms with Gasteiger partial charge in [-0.2, -0.15) is 0 Å². The van der Waals surface area contributed by atoms with Gasteiger partial charge < -0.3 is 14.8 Å². The monoisotopic (exact) mass is 185 g/mol. The van der Waals surface area contributed by atoms with Crippen LogP contribution >= 0.6 is 0 Å². The van der Waals surface area contributed by atoms with E-state index >= 15 is 0 Å². The van der Waals surface area contributed by atoms with Gasteiger partial charge in [-0.05, 0) is 19.8 Å². The van der Waals surface area contributed by atoms with Crippen molar-refractivity contribution in [2.75, 3.05) is 13.3 Å². The first-order valence-corrected chi connectivity index (χ1v) is 4.84. The van der Waals surface area contributed by atoms with E-state index in [2.05, 4.69) is 5.32 Å². The number of nitrogens with one attached hydrogen (secondary N) is 1. The number of hydrogen-bond donors (Lipinski definition) is 1. The molecule has 1 heterocycles. The Morgan fingerprint density at radius 1 is 1.46 bits per heavy atom. The molecule has 13 heavy (non-hydrogen) atoms. The van der Waals surface area contributed by atoms with Crippen molar-refractivity contribution in [1.29, 1.82) is 0 Å². The van der Waals surface area contributed by atoms with Crippen molar-refractivity contribution in [3.63, 3.8) is 0 Å². The van der Waals surface area contributed by atoms with Gasteiger partial charge in [-0.25, -0.2) is 0 Å². The molecule has 1 saturated heterocycles. The van der Waals surface area contributed by atoms with E-state index in [0.29, 0.717) is 13.3 Å². The first-order chi connectivity index (χ1) is 6.33. The van der Waals surface area contributed by atoms with Crippen LogP contribution in [-0.2, 0) is 14.3 Å². The average Bonchev–Trinajstić information content (AvgIpc) is 2.62. The van der Waals surface area contributed by atoms with Gasteiger partial charge in [-0.15, -0.1) is 0 Å². The van der Waals surface area contributed by atoms with E-state index in [1.54, 1.807) is 0 Å². The second kappa shape index (κ2) is 3.64. The molecule has 0 aromatic rings. The third-order valence-electron chi connectivity index (χ3n) is 2.76. The normalized spacial score (nSPS) is 37.5. The number of hydrogen-bond acceptors (Lipinski definition) is 3. The Kier molecular flexibility index (Phi) is 2.51. The van der Waals surface area contributed by atoms with Crippen molar-refractivity contribution < 1.29 is 14.3 Å². The second-order valence-corrected chi connectivity index (χ2v) is 3.53. The molecule has 0 aromatic carbocycles. The van der Waals surface area contributed by atoms with Crippen molar-refractivity contribution in [3.8, 4) is 0 Å². The van der Waals surface area contributed by atoms with Crippen LogP contribution in [0.5, 0.6) is 0 Å². The van der Waals surface area contributed by atoms with Gasteiger partial charge in [-0.3, -0.25) is 4.79 Å². The highest BCUT2D eigenvalue weighted by atomic mass is 16.7. The van der Waals surface area contributed by atoms with Gasteiger partial charge in [0.1, 0.15) is 6.79 Å². The lowest BCUT2D eigenvalue weighted by molar-refractivity contribution is -0.128. The highest BCUT2D eigenvalue weighted by Crippen LogP contribution is 2.34. The van der Waals surface area contributed by atoms with Gasteiger partial charge in [0.05, 0.1) is 18.1 Å². The highest BCUT2D eigenvalue weighted by Gasteiger charge is 2.44. The standard InChI is InChI=1S/C9H15NO3/c1-2-10-9(11)6-3-4-7-8(6)13-5-12-7/h6-8H,2-5H2,1H3,(H,10,11). The molecular formula is C9H15NO3. The quantitative estimate of drug-likeness (QED) is 0.672. The predicted octanol–water partition coefficient (Wildman–Crippen LogP) is 0.274. The number of carbonyl (C=O) groups is 1. The number of fused-ring (bicyclic) bond motifs is 1. The summed E-state index contributed by atoms with van der Waals surface area (Å²) in [7, 11) is 0. The van der Waals surface area contributed by atoms with Gasteiger partial charge in [0.2, 0.25) is 5.91 Å². The van der Waals surface area contributed by atoms with Gasteiger partial charge >= 0.3 is 0 Å². The summed E-state index contributed by atoms with van der Waals surface area (Å²) < 4.78 is 10.7. The van der Waals surface area contributed by atoms with Crippen LogP contribution < -0.4 is 5.32 Å². The molecule has 0 aromatic heterocycles. The summed E-state index contributed by atoms with van der Waals surface area (Å²) in [6, 6.07) is 0. The minimum atomic E-state index is 0.00606. The van der Waals surface area contributed by atoms with Crippen LogP contribution in [0.1, 0.15) is 19.8 Å². The zero-order chi connectivity index (χ0) is 9.26. The third kappa shape index (κ3) is 1.56. The Balaban J connectivity index is 1.96. The molecule has 2 rings (SSSR count). The molecule has 0 bridgehead atoms. The van der Waals surface area contributed by atoms with Crippen molar-refractivity contribution in [3.05, 3.63) is 0 Å². The Morgan fingerprint density at radius 3 is 3.08 bits per heavy atom. The molecule has 2 aliphatic rings. The Bertz CT molecular complexity index is 207. The van der Waals surface area contributed by atoms with E-state index in [9.17, 15) is 4.79 Å². The molecule has 3 atom stereocenters. The molecule has 1 aliphatic heterocycles. The lowest BCUT2D eigenvalue weighted by Crippen LogP contribution is -2.36. The smallest absolute Gasteiger partial charge is 0.225 e. The molecular weight excluding hydrogens is 170 g/mol. The lowest BCUT2D eigenvalue weighted by Gasteiger charge is -2.15. The molecule has 1 aliphatic carbocycles. The Morgan fingerprint density at radius 2 is 2.31 bits per heavy atom.